The Bertz CT molecular complexity index is 959. The summed E-state index contributed by atoms with van der Waals surface area (Å²) in [4.78, 5) is 27.5. The number of unbranched alkanes of at least 4 members (excludes halogenated alkanes) is 1. The van der Waals surface area contributed by atoms with Gasteiger partial charge in [0.2, 0.25) is 0 Å². The van der Waals surface area contributed by atoms with Crippen molar-refractivity contribution < 1.29 is 19.1 Å². The summed E-state index contributed by atoms with van der Waals surface area (Å²) >= 11 is 6.63. The van der Waals surface area contributed by atoms with Crippen LogP contribution in [0.3, 0.4) is 0 Å². The second-order valence-electron chi connectivity index (χ2n) is 6.63. The largest absolute Gasteiger partial charge is 0.493 e. The van der Waals surface area contributed by atoms with Crippen LogP contribution in [0.4, 0.5) is 0 Å². The van der Waals surface area contributed by atoms with Gasteiger partial charge in [-0.3, -0.25) is 9.69 Å². The summed E-state index contributed by atoms with van der Waals surface area (Å²) < 4.78 is 11.1. The molecular weight excluding hydrogens is 418 g/mol. The normalized spacial score (nSPS) is 16.1. The van der Waals surface area contributed by atoms with Gasteiger partial charge in [-0.25, -0.2) is 4.79 Å². The smallest absolute Gasteiger partial charge is 0.333 e. The Morgan fingerprint density at radius 3 is 2.57 bits per heavy atom. The molecule has 1 aliphatic rings. The number of benzene rings is 2. The average Bonchev–Trinajstić information content (AvgIpc) is 3.03. The fraction of sp³-hybridized carbons (Fsp3) is 0.261. The third kappa shape index (κ3) is 4.91. The lowest BCUT2D eigenvalue weighted by atomic mass is 10.1. The van der Waals surface area contributed by atoms with Crippen molar-refractivity contribution in [1.29, 1.82) is 0 Å². The van der Waals surface area contributed by atoms with Crippen molar-refractivity contribution in [3.63, 3.8) is 0 Å². The van der Waals surface area contributed by atoms with Gasteiger partial charge in [-0.15, -0.1) is 0 Å². The van der Waals surface area contributed by atoms with Crippen LogP contribution in [0.1, 0.15) is 36.9 Å². The van der Waals surface area contributed by atoms with Crippen molar-refractivity contribution in [1.82, 2.24) is 4.90 Å². The summed E-state index contributed by atoms with van der Waals surface area (Å²) in [7, 11) is 1.30. The Kier molecular flexibility index (Phi) is 7.65. The van der Waals surface area contributed by atoms with E-state index in [0.717, 1.165) is 18.4 Å². The second kappa shape index (κ2) is 10.4. The Morgan fingerprint density at radius 2 is 1.87 bits per heavy atom. The zero-order valence-corrected chi connectivity index (χ0v) is 18.5. The van der Waals surface area contributed by atoms with Crippen LogP contribution >= 0.6 is 24.0 Å². The molecule has 0 N–H and O–H groups in total. The zero-order valence-electron chi connectivity index (χ0n) is 16.9. The first kappa shape index (κ1) is 22.1. The number of rotatable bonds is 8. The van der Waals surface area contributed by atoms with Gasteiger partial charge in [0, 0.05) is 5.56 Å². The van der Waals surface area contributed by atoms with E-state index in [0.29, 0.717) is 27.1 Å². The van der Waals surface area contributed by atoms with E-state index in [9.17, 15) is 9.59 Å². The van der Waals surface area contributed by atoms with Crippen molar-refractivity contribution in [2.45, 2.75) is 25.8 Å². The van der Waals surface area contributed by atoms with Gasteiger partial charge in [0.15, 0.2) is 6.04 Å². The molecule has 2 aromatic rings. The Labute approximate surface area is 186 Å². The van der Waals surface area contributed by atoms with E-state index >= 15 is 0 Å². The maximum atomic E-state index is 13.2. The van der Waals surface area contributed by atoms with Crippen LogP contribution in [-0.4, -0.2) is 34.8 Å². The molecule has 1 aliphatic heterocycles. The average molecular weight is 442 g/mol. The van der Waals surface area contributed by atoms with Crippen molar-refractivity contribution in [3.8, 4) is 5.75 Å². The fourth-order valence-electron chi connectivity index (χ4n) is 3.04. The third-order valence-electron chi connectivity index (χ3n) is 4.58. The van der Waals surface area contributed by atoms with Gasteiger partial charge in [-0.2, -0.15) is 0 Å². The van der Waals surface area contributed by atoms with E-state index in [4.69, 9.17) is 21.7 Å². The quantitative estimate of drug-likeness (QED) is 0.249. The minimum atomic E-state index is -0.925. The van der Waals surface area contributed by atoms with E-state index in [2.05, 4.69) is 6.92 Å². The number of ether oxygens (including phenoxy) is 2. The van der Waals surface area contributed by atoms with Crippen LogP contribution in [0, 0.1) is 0 Å². The summed E-state index contributed by atoms with van der Waals surface area (Å²) in [6.45, 7) is 2.71. The van der Waals surface area contributed by atoms with Gasteiger partial charge in [0.1, 0.15) is 10.1 Å². The molecule has 1 saturated heterocycles. The minimum absolute atomic E-state index is 0.315. The van der Waals surface area contributed by atoms with E-state index < -0.39 is 12.0 Å². The number of nitrogens with zero attached hydrogens (tertiary/aromatic N) is 1. The number of amides is 1. The Morgan fingerprint density at radius 1 is 1.17 bits per heavy atom. The maximum absolute atomic E-state index is 13.2. The highest BCUT2D eigenvalue weighted by atomic mass is 32.2. The van der Waals surface area contributed by atoms with E-state index in [1.807, 2.05) is 42.5 Å². The predicted molar refractivity (Wildman–Crippen MR) is 123 cm³/mol. The molecule has 7 heteroatoms. The standard InChI is InChI=1S/C23H23NO4S2/c1-3-4-14-28-18-13-9-8-12-17(18)15-19-21(25)24(23(29)30-19)20(22(26)27-2)16-10-6-5-7-11-16/h5-13,15,20H,3-4,14H2,1-2H3/b19-15+. The lowest BCUT2D eigenvalue weighted by Crippen LogP contribution is -2.37. The third-order valence-corrected chi connectivity index (χ3v) is 5.91. The van der Waals surface area contributed by atoms with Crippen LogP contribution in [0.15, 0.2) is 59.5 Å². The molecule has 3 rings (SSSR count). The molecule has 156 valence electrons. The number of thioether (sulfide) groups is 1. The van der Waals surface area contributed by atoms with Gasteiger partial charge in [-0.05, 0) is 24.1 Å². The predicted octanol–water partition coefficient (Wildman–Crippen LogP) is 4.98. The summed E-state index contributed by atoms with van der Waals surface area (Å²) in [5.74, 6) is -0.154. The molecule has 5 nitrogen and oxygen atoms in total. The van der Waals surface area contributed by atoms with Crippen LogP contribution < -0.4 is 4.74 Å². The number of carbonyl (C=O) groups excluding carboxylic acids is 2. The molecule has 1 fully saturated rings. The molecule has 0 aromatic heterocycles. The topological polar surface area (TPSA) is 55.8 Å². The molecule has 1 heterocycles. The number of thiocarbonyl (C=S) groups is 1. The molecule has 30 heavy (non-hydrogen) atoms. The van der Waals surface area contributed by atoms with E-state index in [1.165, 1.54) is 23.8 Å². The second-order valence-corrected chi connectivity index (χ2v) is 8.30. The Hall–Kier alpha value is -2.64. The van der Waals surface area contributed by atoms with Gasteiger partial charge < -0.3 is 9.47 Å². The molecule has 1 amide bonds. The van der Waals surface area contributed by atoms with Crippen LogP contribution in [0.2, 0.25) is 0 Å². The van der Waals surface area contributed by atoms with E-state index in [-0.39, 0.29) is 5.91 Å². The first-order valence-corrected chi connectivity index (χ1v) is 10.9. The summed E-state index contributed by atoms with van der Waals surface area (Å²) in [5.41, 5.74) is 1.44. The highest BCUT2D eigenvalue weighted by Crippen LogP contribution is 2.39. The SMILES string of the molecule is CCCCOc1ccccc1/C=C1/SC(=S)N(C(C(=O)OC)c2ccccc2)C1=O. The molecular formula is C23H23NO4S2. The van der Waals surface area contributed by atoms with Gasteiger partial charge >= 0.3 is 5.97 Å². The van der Waals surface area contributed by atoms with Gasteiger partial charge in [0.25, 0.3) is 5.91 Å². The van der Waals surface area contributed by atoms with Gasteiger partial charge in [-0.1, -0.05) is 85.9 Å². The summed E-state index contributed by atoms with van der Waals surface area (Å²) in [5, 5.41) is 0. The molecule has 0 saturated carbocycles. The molecule has 2 aromatic carbocycles. The number of para-hydroxylation sites is 1. The first-order chi connectivity index (χ1) is 14.6. The maximum Gasteiger partial charge on any atom is 0.333 e. The number of methoxy groups -OCH3 is 1. The minimum Gasteiger partial charge on any atom is -0.493 e. The summed E-state index contributed by atoms with van der Waals surface area (Å²) in [6, 6.07) is 15.6. The summed E-state index contributed by atoms with van der Waals surface area (Å²) in [6.07, 6.45) is 3.75. The van der Waals surface area contributed by atoms with Crippen LogP contribution in [0.5, 0.6) is 5.75 Å². The van der Waals surface area contributed by atoms with Crippen molar-refractivity contribution >= 4 is 46.3 Å². The van der Waals surface area contributed by atoms with Crippen molar-refractivity contribution in [2.24, 2.45) is 0 Å². The molecule has 0 spiro atoms. The first-order valence-electron chi connectivity index (χ1n) is 9.68. The fourth-order valence-corrected chi connectivity index (χ4v) is 4.34. The number of esters is 1. The molecule has 1 unspecified atom stereocenters. The molecule has 0 bridgehead atoms. The zero-order chi connectivity index (χ0) is 21.5. The highest BCUT2D eigenvalue weighted by Gasteiger charge is 2.41. The Balaban J connectivity index is 1.92. The number of hydrogen-bond donors (Lipinski definition) is 0. The lowest BCUT2D eigenvalue weighted by Gasteiger charge is -2.24. The van der Waals surface area contributed by atoms with Crippen LogP contribution in [-0.2, 0) is 14.3 Å². The number of hydrogen-bond acceptors (Lipinski definition) is 6. The van der Waals surface area contributed by atoms with Gasteiger partial charge in [0.05, 0.1) is 18.6 Å². The molecule has 0 radical (unpaired) electrons. The van der Waals surface area contributed by atoms with Crippen molar-refractivity contribution in [3.05, 3.63) is 70.6 Å². The highest BCUT2D eigenvalue weighted by molar-refractivity contribution is 8.26. The van der Waals surface area contributed by atoms with Crippen molar-refractivity contribution in [2.75, 3.05) is 13.7 Å². The molecule has 1 atom stereocenters. The number of carbonyl (C=O) groups is 2. The molecule has 0 aliphatic carbocycles. The van der Waals surface area contributed by atoms with Crippen LogP contribution in [0.25, 0.3) is 6.08 Å². The lowest BCUT2D eigenvalue weighted by molar-refractivity contribution is -0.148. The monoisotopic (exact) mass is 441 g/mol. The van der Waals surface area contributed by atoms with E-state index in [1.54, 1.807) is 18.2 Å².